The average molecular weight is 275 g/mol. The van der Waals surface area contributed by atoms with Crippen LogP contribution in [-0.4, -0.2) is 11.3 Å². The number of para-hydroxylation sites is 1. The molecule has 18 heavy (non-hydrogen) atoms. The molecular formula is C13H9NO2S2. The fourth-order valence-corrected chi connectivity index (χ4v) is 3.54. The first-order chi connectivity index (χ1) is 8.85. The van der Waals surface area contributed by atoms with Crippen LogP contribution in [0.25, 0.3) is 10.2 Å². The Kier molecular flexibility index (Phi) is 3.17. The topological polar surface area (TPSA) is 43.1 Å². The van der Waals surface area contributed by atoms with Crippen LogP contribution in [0.3, 0.4) is 0 Å². The van der Waals surface area contributed by atoms with Crippen LogP contribution >= 0.6 is 23.1 Å². The SMILES string of the molecule is O=Cc1ccc(CSc2nc3ccccc3s2)o1. The Labute approximate surface area is 112 Å². The molecular weight excluding hydrogens is 266 g/mol. The summed E-state index contributed by atoms with van der Waals surface area (Å²) in [6.07, 6.45) is 0.714. The van der Waals surface area contributed by atoms with Crippen LogP contribution in [0.1, 0.15) is 16.3 Å². The predicted molar refractivity (Wildman–Crippen MR) is 73.3 cm³/mol. The summed E-state index contributed by atoms with van der Waals surface area (Å²) in [4.78, 5) is 15.0. The summed E-state index contributed by atoms with van der Waals surface area (Å²) in [5.41, 5.74) is 1.03. The number of aldehydes is 1. The first-order valence-corrected chi connectivity index (χ1v) is 7.17. The zero-order valence-corrected chi connectivity index (χ0v) is 11.0. The van der Waals surface area contributed by atoms with E-state index in [1.807, 2.05) is 24.3 Å². The second kappa shape index (κ2) is 4.96. The van der Waals surface area contributed by atoms with Crippen molar-refractivity contribution in [3.63, 3.8) is 0 Å². The van der Waals surface area contributed by atoms with Gasteiger partial charge in [-0.15, -0.1) is 11.3 Å². The molecule has 0 aliphatic heterocycles. The van der Waals surface area contributed by atoms with Gasteiger partial charge < -0.3 is 4.42 Å². The number of aromatic nitrogens is 1. The van der Waals surface area contributed by atoms with Crippen molar-refractivity contribution in [2.45, 2.75) is 10.1 Å². The highest BCUT2D eigenvalue weighted by molar-refractivity contribution is 8.00. The maximum Gasteiger partial charge on any atom is 0.185 e. The molecule has 3 rings (SSSR count). The lowest BCUT2D eigenvalue weighted by atomic mass is 10.3. The van der Waals surface area contributed by atoms with Gasteiger partial charge in [-0.25, -0.2) is 4.98 Å². The average Bonchev–Trinajstić information content (AvgIpc) is 3.02. The van der Waals surface area contributed by atoms with Crippen molar-refractivity contribution in [3.8, 4) is 0 Å². The summed E-state index contributed by atoms with van der Waals surface area (Å²) in [5.74, 6) is 1.85. The number of rotatable bonds is 4. The lowest BCUT2D eigenvalue weighted by Gasteiger charge is -1.92. The van der Waals surface area contributed by atoms with Crippen LogP contribution in [0.5, 0.6) is 0 Å². The quantitative estimate of drug-likeness (QED) is 0.533. The molecule has 0 saturated carbocycles. The number of thiazole rings is 1. The van der Waals surface area contributed by atoms with Gasteiger partial charge in [0.15, 0.2) is 16.4 Å². The highest BCUT2D eigenvalue weighted by Gasteiger charge is 2.06. The van der Waals surface area contributed by atoms with E-state index in [9.17, 15) is 4.79 Å². The Morgan fingerprint density at radius 1 is 1.28 bits per heavy atom. The van der Waals surface area contributed by atoms with Crippen LogP contribution < -0.4 is 0 Å². The molecule has 0 radical (unpaired) electrons. The van der Waals surface area contributed by atoms with Crippen molar-refractivity contribution >= 4 is 39.6 Å². The summed E-state index contributed by atoms with van der Waals surface area (Å²) < 4.78 is 7.52. The zero-order chi connectivity index (χ0) is 12.4. The Morgan fingerprint density at radius 2 is 2.17 bits per heavy atom. The molecule has 2 heterocycles. The van der Waals surface area contributed by atoms with Gasteiger partial charge >= 0.3 is 0 Å². The van der Waals surface area contributed by atoms with Gasteiger partial charge in [-0.05, 0) is 24.3 Å². The second-order valence-corrected chi connectivity index (χ2v) is 5.91. The molecule has 0 aliphatic carbocycles. The Morgan fingerprint density at radius 3 is 2.94 bits per heavy atom. The molecule has 0 aliphatic rings. The van der Waals surface area contributed by atoms with Crippen molar-refractivity contribution < 1.29 is 9.21 Å². The molecule has 2 aromatic heterocycles. The third-order valence-electron chi connectivity index (χ3n) is 2.41. The fraction of sp³-hybridized carbons (Fsp3) is 0.0769. The fourth-order valence-electron chi connectivity index (χ4n) is 1.58. The molecule has 1 aromatic carbocycles. The minimum atomic E-state index is 0.370. The highest BCUT2D eigenvalue weighted by atomic mass is 32.2. The van der Waals surface area contributed by atoms with Gasteiger partial charge in [0.1, 0.15) is 5.76 Å². The molecule has 5 heteroatoms. The zero-order valence-electron chi connectivity index (χ0n) is 9.33. The maximum absolute atomic E-state index is 10.5. The monoisotopic (exact) mass is 275 g/mol. The van der Waals surface area contributed by atoms with E-state index in [4.69, 9.17) is 4.42 Å². The maximum atomic E-state index is 10.5. The summed E-state index contributed by atoms with van der Waals surface area (Å²) in [7, 11) is 0. The molecule has 0 amide bonds. The molecule has 0 spiro atoms. The second-order valence-electron chi connectivity index (χ2n) is 3.66. The van der Waals surface area contributed by atoms with Crippen molar-refractivity contribution in [1.82, 2.24) is 4.98 Å². The summed E-state index contributed by atoms with van der Waals surface area (Å²) in [6.45, 7) is 0. The van der Waals surface area contributed by atoms with Gasteiger partial charge in [-0.3, -0.25) is 4.79 Å². The molecule has 0 N–H and O–H groups in total. The van der Waals surface area contributed by atoms with Gasteiger partial charge in [0.05, 0.1) is 16.0 Å². The smallest absolute Gasteiger partial charge is 0.185 e. The lowest BCUT2D eigenvalue weighted by Crippen LogP contribution is -1.75. The van der Waals surface area contributed by atoms with Gasteiger partial charge in [-0.1, -0.05) is 23.9 Å². The number of thioether (sulfide) groups is 1. The normalized spacial score (nSPS) is 10.9. The number of hydrogen-bond acceptors (Lipinski definition) is 5. The van der Waals surface area contributed by atoms with Crippen LogP contribution in [0.15, 0.2) is 45.2 Å². The minimum absolute atomic E-state index is 0.370. The third kappa shape index (κ3) is 2.32. The molecule has 3 nitrogen and oxygen atoms in total. The van der Waals surface area contributed by atoms with Gasteiger partial charge in [0, 0.05) is 0 Å². The van der Waals surface area contributed by atoms with E-state index in [0.29, 0.717) is 17.8 Å². The summed E-state index contributed by atoms with van der Waals surface area (Å²) >= 11 is 3.29. The predicted octanol–water partition coefficient (Wildman–Crippen LogP) is 3.99. The van der Waals surface area contributed by atoms with E-state index >= 15 is 0 Å². The van der Waals surface area contributed by atoms with E-state index in [1.54, 1.807) is 29.2 Å². The molecule has 3 aromatic rings. The molecule has 0 saturated heterocycles. The molecule has 0 atom stereocenters. The number of nitrogens with zero attached hydrogens (tertiary/aromatic N) is 1. The number of hydrogen-bond donors (Lipinski definition) is 0. The van der Waals surface area contributed by atoms with Crippen molar-refractivity contribution in [2.24, 2.45) is 0 Å². The standard InChI is InChI=1S/C13H9NO2S2/c15-7-9-5-6-10(16-9)8-17-13-14-11-3-1-2-4-12(11)18-13/h1-7H,8H2. The van der Waals surface area contributed by atoms with Crippen LogP contribution in [0.2, 0.25) is 0 Å². The molecule has 0 fully saturated rings. The number of benzene rings is 1. The summed E-state index contributed by atoms with van der Waals surface area (Å²) in [5, 5.41) is 0. The number of carbonyl (C=O) groups is 1. The minimum Gasteiger partial charge on any atom is -0.457 e. The van der Waals surface area contributed by atoms with Crippen LogP contribution in [0, 0.1) is 0 Å². The lowest BCUT2D eigenvalue weighted by molar-refractivity contribution is 0.109. The number of carbonyl (C=O) groups excluding carboxylic acids is 1. The third-order valence-corrected chi connectivity index (χ3v) is 4.61. The first kappa shape index (κ1) is 11.5. The summed E-state index contributed by atoms with van der Waals surface area (Å²) in [6, 6.07) is 11.6. The van der Waals surface area contributed by atoms with Crippen molar-refractivity contribution in [2.75, 3.05) is 0 Å². The molecule has 0 unspecified atom stereocenters. The number of furan rings is 1. The van der Waals surface area contributed by atoms with Crippen LogP contribution in [-0.2, 0) is 5.75 Å². The van der Waals surface area contributed by atoms with Crippen LogP contribution in [0.4, 0.5) is 0 Å². The van der Waals surface area contributed by atoms with E-state index in [2.05, 4.69) is 11.1 Å². The Hall–Kier alpha value is -1.59. The van der Waals surface area contributed by atoms with E-state index in [1.165, 1.54) is 4.70 Å². The molecule has 90 valence electrons. The van der Waals surface area contributed by atoms with Gasteiger partial charge in [0.25, 0.3) is 0 Å². The van der Waals surface area contributed by atoms with Crippen molar-refractivity contribution in [3.05, 3.63) is 47.9 Å². The van der Waals surface area contributed by atoms with E-state index in [-0.39, 0.29) is 0 Å². The highest BCUT2D eigenvalue weighted by Crippen LogP contribution is 2.31. The van der Waals surface area contributed by atoms with E-state index < -0.39 is 0 Å². The largest absolute Gasteiger partial charge is 0.457 e. The van der Waals surface area contributed by atoms with Crippen molar-refractivity contribution in [1.29, 1.82) is 0 Å². The van der Waals surface area contributed by atoms with E-state index in [0.717, 1.165) is 15.6 Å². The van der Waals surface area contributed by atoms with Gasteiger partial charge in [0.2, 0.25) is 0 Å². The Balaban J connectivity index is 1.74. The first-order valence-electron chi connectivity index (χ1n) is 5.37. The molecule has 0 bridgehead atoms. The Bertz CT molecular complexity index is 654. The number of fused-ring (bicyclic) bond motifs is 1. The van der Waals surface area contributed by atoms with Gasteiger partial charge in [-0.2, -0.15) is 0 Å².